The first-order valence-corrected chi connectivity index (χ1v) is 8.08. The Hall–Kier alpha value is -2.39. The van der Waals surface area contributed by atoms with E-state index in [0.29, 0.717) is 6.61 Å². The van der Waals surface area contributed by atoms with E-state index in [0.717, 1.165) is 5.56 Å². The summed E-state index contributed by atoms with van der Waals surface area (Å²) in [6.07, 6.45) is 0. The maximum atomic E-state index is 12.4. The largest absolute Gasteiger partial charge is 0.464 e. The first-order chi connectivity index (χ1) is 10.9. The van der Waals surface area contributed by atoms with Crippen LogP contribution in [0.1, 0.15) is 16.1 Å². The highest BCUT2D eigenvalue weighted by Gasteiger charge is 2.19. The second-order valence-electron chi connectivity index (χ2n) is 4.72. The number of aromatic nitrogens is 2. The Bertz CT molecular complexity index is 814. The normalized spacial score (nSPS) is 11.3. The lowest BCUT2D eigenvalue weighted by atomic mass is 10.2. The third-order valence-corrected chi connectivity index (χ3v) is 4.39. The number of carbonyl (C=O) groups is 1. The molecule has 9 heteroatoms. The SMILES string of the molecule is COCc1cccc(S(=O)(=O)Nc2cc(C(=O)OC)nn2C)c1. The fourth-order valence-electron chi connectivity index (χ4n) is 1.93. The van der Waals surface area contributed by atoms with Crippen molar-refractivity contribution in [3.8, 4) is 0 Å². The minimum atomic E-state index is -3.81. The van der Waals surface area contributed by atoms with E-state index in [2.05, 4.69) is 14.6 Å². The van der Waals surface area contributed by atoms with E-state index in [1.807, 2.05) is 0 Å². The van der Waals surface area contributed by atoms with E-state index in [-0.39, 0.29) is 16.4 Å². The van der Waals surface area contributed by atoms with Crippen LogP contribution in [0.3, 0.4) is 0 Å². The number of rotatable bonds is 6. The van der Waals surface area contributed by atoms with Crippen LogP contribution in [0.15, 0.2) is 35.2 Å². The zero-order valence-corrected chi connectivity index (χ0v) is 13.8. The van der Waals surface area contributed by atoms with Gasteiger partial charge in [-0.2, -0.15) is 5.10 Å². The first-order valence-electron chi connectivity index (χ1n) is 6.60. The van der Waals surface area contributed by atoms with Gasteiger partial charge in [0.05, 0.1) is 18.6 Å². The molecule has 1 aromatic heterocycles. The number of ether oxygens (including phenoxy) is 2. The second kappa shape index (κ2) is 6.80. The molecule has 1 heterocycles. The molecule has 2 rings (SSSR count). The Balaban J connectivity index is 2.30. The number of hydrogen-bond donors (Lipinski definition) is 1. The van der Waals surface area contributed by atoms with E-state index in [4.69, 9.17) is 4.74 Å². The number of nitrogens with zero attached hydrogens (tertiary/aromatic N) is 2. The zero-order chi connectivity index (χ0) is 17.0. The lowest BCUT2D eigenvalue weighted by Gasteiger charge is -2.09. The Labute approximate surface area is 134 Å². The van der Waals surface area contributed by atoms with Gasteiger partial charge in [0.25, 0.3) is 10.0 Å². The molecule has 23 heavy (non-hydrogen) atoms. The van der Waals surface area contributed by atoms with Gasteiger partial charge < -0.3 is 9.47 Å². The molecule has 0 bridgehead atoms. The molecule has 0 atom stereocenters. The Morgan fingerprint density at radius 2 is 2.04 bits per heavy atom. The fraction of sp³-hybridized carbons (Fsp3) is 0.286. The van der Waals surface area contributed by atoms with Gasteiger partial charge in [-0.25, -0.2) is 13.2 Å². The van der Waals surface area contributed by atoms with Gasteiger partial charge >= 0.3 is 5.97 Å². The van der Waals surface area contributed by atoms with E-state index in [9.17, 15) is 13.2 Å². The quantitative estimate of drug-likeness (QED) is 0.793. The maximum absolute atomic E-state index is 12.4. The topological polar surface area (TPSA) is 99.5 Å². The number of hydrogen-bond acceptors (Lipinski definition) is 6. The van der Waals surface area contributed by atoms with Gasteiger partial charge in [0, 0.05) is 20.2 Å². The molecule has 0 fully saturated rings. The first kappa shape index (κ1) is 17.0. The highest BCUT2D eigenvalue weighted by atomic mass is 32.2. The van der Waals surface area contributed by atoms with Crippen LogP contribution in [0, 0.1) is 0 Å². The Kier molecular flexibility index (Phi) is 5.02. The molecule has 0 saturated heterocycles. The van der Waals surface area contributed by atoms with Gasteiger partial charge in [0.2, 0.25) is 0 Å². The van der Waals surface area contributed by atoms with Gasteiger partial charge in [-0.05, 0) is 17.7 Å². The number of nitrogens with one attached hydrogen (secondary N) is 1. The van der Waals surface area contributed by atoms with E-state index in [1.165, 1.54) is 44.1 Å². The molecule has 124 valence electrons. The number of carbonyl (C=O) groups excluding carboxylic acids is 1. The third-order valence-electron chi connectivity index (χ3n) is 3.03. The summed E-state index contributed by atoms with van der Waals surface area (Å²) in [4.78, 5) is 11.5. The summed E-state index contributed by atoms with van der Waals surface area (Å²) >= 11 is 0. The summed E-state index contributed by atoms with van der Waals surface area (Å²) in [5, 5.41) is 3.90. The molecular formula is C14H17N3O5S. The van der Waals surface area contributed by atoms with Crippen molar-refractivity contribution in [1.82, 2.24) is 9.78 Å². The van der Waals surface area contributed by atoms with Crippen LogP contribution in [-0.2, 0) is 33.2 Å². The van der Waals surface area contributed by atoms with E-state index < -0.39 is 16.0 Å². The molecule has 8 nitrogen and oxygen atoms in total. The third kappa shape index (κ3) is 3.88. The minimum Gasteiger partial charge on any atom is -0.464 e. The molecule has 0 aliphatic carbocycles. The van der Waals surface area contributed by atoms with Crippen molar-refractivity contribution in [3.63, 3.8) is 0 Å². The number of aryl methyl sites for hydroxylation is 1. The molecule has 1 aromatic carbocycles. The van der Waals surface area contributed by atoms with Crippen molar-refractivity contribution in [3.05, 3.63) is 41.6 Å². The van der Waals surface area contributed by atoms with Crippen LogP contribution in [0.2, 0.25) is 0 Å². The predicted octanol–water partition coefficient (Wildman–Crippen LogP) is 1.15. The number of benzene rings is 1. The van der Waals surface area contributed by atoms with Crippen LogP contribution >= 0.6 is 0 Å². The second-order valence-corrected chi connectivity index (χ2v) is 6.40. The maximum Gasteiger partial charge on any atom is 0.358 e. The predicted molar refractivity (Wildman–Crippen MR) is 82.5 cm³/mol. The van der Waals surface area contributed by atoms with Crippen LogP contribution in [0.25, 0.3) is 0 Å². The van der Waals surface area contributed by atoms with Gasteiger partial charge in [0.15, 0.2) is 5.69 Å². The van der Waals surface area contributed by atoms with Gasteiger partial charge in [0.1, 0.15) is 5.82 Å². The van der Waals surface area contributed by atoms with Crippen molar-refractivity contribution in [2.75, 3.05) is 18.9 Å². The van der Waals surface area contributed by atoms with Gasteiger partial charge in [-0.3, -0.25) is 9.40 Å². The summed E-state index contributed by atoms with van der Waals surface area (Å²) in [7, 11) is 0.461. The molecule has 0 aliphatic rings. The lowest BCUT2D eigenvalue weighted by molar-refractivity contribution is 0.0593. The van der Waals surface area contributed by atoms with Crippen LogP contribution < -0.4 is 4.72 Å². The molecule has 0 spiro atoms. The van der Waals surface area contributed by atoms with Gasteiger partial charge in [-0.1, -0.05) is 12.1 Å². The fourth-order valence-corrected chi connectivity index (χ4v) is 3.08. The molecule has 0 amide bonds. The van der Waals surface area contributed by atoms with Crippen LogP contribution in [0.5, 0.6) is 0 Å². The number of methoxy groups -OCH3 is 2. The summed E-state index contributed by atoms with van der Waals surface area (Å²) in [6, 6.07) is 7.69. The van der Waals surface area contributed by atoms with Gasteiger partial charge in [-0.15, -0.1) is 0 Å². The minimum absolute atomic E-state index is 0.0147. The number of sulfonamides is 1. The van der Waals surface area contributed by atoms with Crippen LogP contribution in [-0.4, -0.2) is 38.4 Å². The smallest absolute Gasteiger partial charge is 0.358 e. The summed E-state index contributed by atoms with van der Waals surface area (Å²) in [6.45, 7) is 0.307. The van der Waals surface area contributed by atoms with Crippen LogP contribution in [0.4, 0.5) is 5.82 Å². The molecule has 0 radical (unpaired) electrons. The molecule has 0 unspecified atom stereocenters. The number of esters is 1. The molecule has 2 aromatic rings. The molecular weight excluding hydrogens is 322 g/mol. The highest BCUT2D eigenvalue weighted by Crippen LogP contribution is 2.18. The summed E-state index contributed by atoms with van der Waals surface area (Å²) in [5.74, 6) is -0.490. The zero-order valence-electron chi connectivity index (χ0n) is 12.9. The lowest BCUT2D eigenvalue weighted by Crippen LogP contribution is -2.15. The monoisotopic (exact) mass is 339 g/mol. The Morgan fingerprint density at radius 1 is 1.30 bits per heavy atom. The van der Waals surface area contributed by atoms with Crippen molar-refractivity contribution in [1.29, 1.82) is 0 Å². The highest BCUT2D eigenvalue weighted by molar-refractivity contribution is 7.92. The molecule has 1 N–H and O–H groups in total. The van der Waals surface area contributed by atoms with Crippen molar-refractivity contribution in [2.45, 2.75) is 11.5 Å². The van der Waals surface area contributed by atoms with E-state index >= 15 is 0 Å². The summed E-state index contributed by atoms with van der Waals surface area (Å²) < 4.78 is 38.1. The average molecular weight is 339 g/mol. The van der Waals surface area contributed by atoms with E-state index in [1.54, 1.807) is 12.1 Å². The average Bonchev–Trinajstić information content (AvgIpc) is 2.87. The standard InChI is InChI=1S/C14H17N3O5S/c1-17-13(8-12(15-17)14(18)22-3)16-23(19,20)11-6-4-5-10(7-11)9-21-2/h4-8,16H,9H2,1-3H3. The molecule has 0 saturated carbocycles. The van der Waals surface area contributed by atoms with Crippen molar-refractivity contribution < 1.29 is 22.7 Å². The number of anilines is 1. The molecule has 0 aliphatic heterocycles. The Morgan fingerprint density at radius 3 is 2.70 bits per heavy atom. The van der Waals surface area contributed by atoms with Crippen molar-refractivity contribution >= 4 is 21.8 Å². The summed E-state index contributed by atoms with van der Waals surface area (Å²) in [5.41, 5.74) is 0.747. The van der Waals surface area contributed by atoms with Crippen molar-refractivity contribution in [2.24, 2.45) is 7.05 Å².